The SMILES string of the molecule is CCN1CC(C(=O)Nc2ccc(C#N)c(Cl)c2)CC1=O. The fourth-order valence-electron chi connectivity index (χ4n) is 2.18. The Kier molecular flexibility index (Phi) is 4.26. The predicted octanol–water partition coefficient (Wildman–Crippen LogP) is 2.02. The van der Waals surface area contributed by atoms with Gasteiger partial charge in [-0.15, -0.1) is 0 Å². The summed E-state index contributed by atoms with van der Waals surface area (Å²) < 4.78 is 0. The summed E-state index contributed by atoms with van der Waals surface area (Å²) in [5, 5.41) is 11.8. The number of hydrogen-bond donors (Lipinski definition) is 1. The Balaban J connectivity index is 2.04. The number of hydrogen-bond acceptors (Lipinski definition) is 3. The van der Waals surface area contributed by atoms with Gasteiger partial charge in [-0.3, -0.25) is 9.59 Å². The Morgan fingerprint density at radius 2 is 2.35 bits per heavy atom. The highest BCUT2D eigenvalue weighted by Crippen LogP contribution is 2.23. The molecule has 1 unspecified atom stereocenters. The molecule has 0 aliphatic carbocycles. The molecule has 0 bridgehead atoms. The van der Waals surface area contributed by atoms with Crippen LogP contribution in [-0.2, 0) is 9.59 Å². The third kappa shape index (κ3) is 2.91. The maximum Gasteiger partial charge on any atom is 0.229 e. The summed E-state index contributed by atoms with van der Waals surface area (Å²) in [6.07, 6.45) is 0.240. The second-order valence-electron chi connectivity index (χ2n) is 4.63. The van der Waals surface area contributed by atoms with E-state index < -0.39 is 0 Å². The summed E-state index contributed by atoms with van der Waals surface area (Å²) in [6.45, 7) is 2.95. The van der Waals surface area contributed by atoms with Crippen LogP contribution in [-0.4, -0.2) is 29.8 Å². The molecule has 2 amide bonds. The van der Waals surface area contributed by atoms with E-state index in [1.807, 2.05) is 13.0 Å². The zero-order valence-corrected chi connectivity index (χ0v) is 11.8. The molecule has 104 valence electrons. The van der Waals surface area contributed by atoms with Crippen molar-refractivity contribution < 1.29 is 9.59 Å². The van der Waals surface area contributed by atoms with Crippen LogP contribution in [0.1, 0.15) is 18.9 Å². The topological polar surface area (TPSA) is 73.2 Å². The van der Waals surface area contributed by atoms with Crippen LogP contribution >= 0.6 is 11.6 Å². The Morgan fingerprint density at radius 3 is 2.90 bits per heavy atom. The first kappa shape index (κ1) is 14.4. The lowest BCUT2D eigenvalue weighted by Crippen LogP contribution is -2.28. The monoisotopic (exact) mass is 291 g/mol. The quantitative estimate of drug-likeness (QED) is 0.926. The molecule has 0 saturated carbocycles. The molecule has 1 heterocycles. The van der Waals surface area contributed by atoms with Crippen LogP contribution in [0.25, 0.3) is 0 Å². The standard InChI is InChI=1S/C14H14ClN3O2/c1-2-18-8-10(5-13(18)19)14(20)17-11-4-3-9(7-16)12(15)6-11/h3-4,6,10H,2,5,8H2,1H3,(H,17,20). The number of amides is 2. The first-order chi connectivity index (χ1) is 9.55. The van der Waals surface area contributed by atoms with Gasteiger partial charge in [-0.2, -0.15) is 5.26 Å². The van der Waals surface area contributed by atoms with E-state index in [1.54, 1.807) is 17.0 Å². The van der Waals surface area contributed by atoms with E-state index in [1.165, 1.54) is 6.07 Å². The molecule has 1 fully saturated rings. The molecule has 1 aliphatic rings. The molecule has 20 heavy (non-hydrogen) atoms. The zero-order chi connectivity index (χ0) is 14.7. The number of carbonyl (C=O) groups excluding carboxylic acids is 2. The first-order valence-corrected chi connectivity index (χ1v) is 6.71. The summed E-state index contributed by atoms with van der Waals surface area (Å²) in [5.41, 5.74) is 0.888. The van der Waals surface area contributed by atoms with Gasteiger partial charge in [0.1, 0.15) is 6.07 Å². The number of nitriles is 1. The summed E-state index contributed by atoms with van der Waals surface area (Å²) in [7, 11) is 0. The van der Waals surface area contributed by atoms with Crippen molar-refractivity contribution in [2.75, 3.05) is 18.4 Å². The lowest BCUT2D eigenvalue weighted by atomic mass is 10.1. The van der Waals surface area contributed by atoms with E-state index >= 15 is 0 Å². The number of anilines is 1. The van der Waals surface area contributed by atoms with Gasteiger partial charge in [-0.1, -0.05) is 11.6 Å². The molecule has 1 aromatic carbocycles. The van der Waals surface area contributed by atoms with Crippen LogP contribution in [0.15, 0.2) is 18.2 Å². The normalized spacial score (nSPS) is 17.9. The number of carbonyl (C=O) groups is 2. The minimum atomic E-state index is -0.336. The fourth-order valence-corrected chi connectivity index (χ4v) is 2.40. The number of benzene rings is 1. The number of rotatable bonds is 3. The van der Waals surface area contributed by atoms with Crippen LogP contribution < -0.4 is 5.32 Å². The van der Waals surface area contributed by atoms with Crippen molar-refractivity contribution >= 4 is 29.1 Å². The number of halogens is 1. The molecule has 1 saturated heterocycles. The van der Waals surface area contributed by atoms with Crippen molar-refractivity contribution in [2.24, 2.45) is 5.92 Å². The van der Waals surface area contributed by atoms with Crippen molar-refractivity contribution in [1.29, 1.82) is 5.26 Å². The molecule has 2 rings (SSSR count). The van der Waals surface area contributed by atoms with Crippen molar-refractivity contribution in [3.63, 3.8) is 0 Å². The van der Waals surface area contributed by atoms with Gasteiger partial charge in [0.15, 0.2) is 0 Å². The maximum atomic E-state index is 12.1. The summed E-state index contributed by atoms with van der Waals surface area (Å²) in [4.78, 5) is 25.4. The van der Waals surface area contributed by atoms with E-state index in [0.717, 1.165) is 0 Å². The molecular weight excluding hydrogens is 278 g/mol. The average Bonchev–Trinajstić information content (AvgIpc) is 2.80. The molecule has 0 aromatic heterocycles. The van der Waals surface area contributed by atoms with E-state index in [0.29, 0.717) is 29.4 Å². The van der Waals surface area contributed by atoms with Gasteiger partial charge in [0.05, 0.1) is 16.5 Å². The van der Waals surface area contributed by atoms with Crippen LogP contribution in [0.3, 0.4) is 0 Å². The van der Waals surface area contributed by atoms with Crippen LogP contribution in [0, 0.1) is 17.2 Å². The van der Waals surface area contributed by atoms with Gasteiger partial charge >= 0.3 is 0 Å². The van der Waals surface area contributed by atoms with Gasteiger partial charge in [-0.05, 0) is 25.1 Å². The van der Waals surface area contributed by atoms with Gasteiger partial charge in [0.25, 0.3) is 0 Å². The third-order valence-electron chi connectivity index (χ3n) is 3.32. The van der Waals surface area contributed by atoms with Gasteiger partial charge in [0, 0.05) is 25.2 Å². The van der Waals surface area contributed by atoms with Gasteiger partial charge < -0.3 is 10.2 Å². The van der Waals surface area contributed by atoms with E-state index in [4.69, 9.17) is 16.9 Å². The Labute approximate surface area is 122 Å². The third-order valence-corrected chi connectivity index (χ3v) is 3.64. The van der Waals surface area contributed by atoms with Crippen molar-refractivity contribution in [3.8, 4) is 6.07 Å². The minimum Gasteiger partial charge on any atom is -0.342 e. The van der Waals surface area contributed by atoms with Crippen LogP contribution in [0.4, 0.5) is 5.69 Å². The van der Waals surface area contributed by atoms with Crippen molar-refractivity contribution in [2.45, 2.75) is 13.3 Å². The molecule has 1 aromatic rings. The molecule has 6 heteroatoms. The first-order valence-electron chi connectivity index (χ1n) is 6.33. The second-order valence-corrected chi connectivity index (χ2v) is 5.04. The molecule has 0 spiro atoms. The summed E-state index contributed by atoms with van der Waals surface area (Å²) >= 11 is 5.91. The lowest BCUT2D eigenvalue weighted by molar-refractivity contribution is -0.128. The molecule has 1 N–H and O–H groups in total. The number of likely N-dealkylation sites (tertiary alicyclic amines) is 1. The number of nitrogens with zero attached hydrogens (tertiary/aromatic N) is 2. The highest BCUT2D eigenvalue weighted by molar-refractivity contribution is 6.32. The number of nitrogens with one attached hydrogen (secondary N) is 1. The van der Waals surface area contributed by atoms with Crippen LogP contribution in [0.2, 0.25) is 5.02 Å². The van der Waals surface area contributed by atoms with E-state index in [2.05, 4.69) is 5.32 Å². The molecule has 1 aliphatic heterocycles. The zero-order valence-electron chi connectivity index (χ0n) is 11.0. The lowest BCUT2D eigenvalue weighted by Gasteiger charge is -2.13. The average molecular weight is 292 g/mol. The predicted molar refractivity (Wildman–Crippen MR) is 75.2 cm³/mol. The highest BCUT2D eigenvalue weighted by atomic mass is 35.5. The van der Waals surface area contributed by atoms with Crippen molar-refractivity contribution in [1.82, 2.24) is 4.90 Å². The largest absolute Gasteiger partial charge is 0.342 e. The molecular formula is C14H14ClN3O2. The van der Waals surface area contributed by atoms with Gasteiger partial charge in [0.2, 0.25) is 11.8 Å². The summed E-state index contributed by atoms with van der Waals surface area (Å²) in [5.74, 6) is -0.530. The molecule has 5 nitrogen and oxygen atoms in total. The van der Waals surface area contributed by atoms with Crippen LogP contribution in [0.5, 0.6) is 0 Å². The second kappa shape index (κ2) is 5.93. The van der Waals surface area contributed by atoms with Crippen molar-refractivity contribution in [3.05, 3.63) is 28.8 Å². The fraction of sp³-hybridized carbons (Fsp3) is 0.357. The Hall–Kier alpha value is -2.06. The van der Waals surface area contributed by atoms with E-state index in [-0.39, 0.29) is 24.2 Å². The minimum absolute atomic E-state index is 0.00510. The van der Waals surface area contributed by atoms with E-state index in [9.17, 15) is 9.59 Å². The highest BCUT2D eigenvalue weighted by Gasteiger charge is 2.33. The Bertz CT molecular complexity index is 595. The maximum absolute atomic E-state index is 12.1. The Morgan fingerprint density at radius 1 is 1.60 bits per heavy atom. The molecule has 1 atom stereocenters. The summed E-state index contributed by atoms with van der Waals surface area (Å²) in [6, 6.07) is 6.66. The van der Waals surface area contributed by atoms with Gasteiger partial charge in [-0.25, -0.2) is 0 Å². The smallest absolute Gasteiger partial charge is 0.229 e. The molecule has 0 radical (unpaired) electrons.